The van der Waals surface area contributed by atoms with E-state index in [9.17, 15) is 4.79 Å². The maximum absolute atomic E-state index is 12.9. The number of benzene rings is 2. The van der Waals surface area contributed by atoms with Crippen molar-refractivity contribution < 1.29 is 4.42 Å². The topological polar surface area (TPSA) is 99.8 Å². The molecule has 0 fully saturated rings. The lowest BCUT2D eigenvalue weighted by Crippen LogP contribution is -2.14. The van der Waals surface area contributed by atoms with Gasteiger partial charge in [-0.2, -0.15) is 5.10 Å². The van der Waals surface area contributed by atoms with Crippen molar-refractivity contribution in [2.24, 2.45) is 0 Å². The number of nitrogens with two attached hydrogens (primary N) is 1. The molecule has 1 atom stereocenters. The molecule has 8 heteroatoms. The SMILES string of the molecule is Cc1nn(C(C)c2oc(=O)c3ccc(Cl)cc3c2-c2ccccc2)c2ncnc(N)c12. The molecule has 0 aliphatic carbocycles. The van der Waals surface area contributed by atoms with Crippen molar-refractivity contribution in [2.45, 2.75) is 19.9 Å². The highest BCUT2D eigenvalue weighted by atomic mass is 35.5. The summed E-state index contributed by atoms with van der Waals surface area (Å²) in [4.78, 5) is 21.3. The first-order valence-electron chi connectivity index (χ1n) is 9.72. The Morgan fingerprint density at radius 3 is 2.65 bits per heavy atom. The Labute approximate surface area is 182 Å². The lowest BCUT2D eigenvalue weighted by molar-refractivity contribution is 0.404. The van der Waals surface area contributed by atoms with Gasteiger partial charge in [-0.3, -0.25) is 0 Å². The lowest BCUT2D eigenvalue weighted by Gasteiger charge is -2.18. The number of fused-ring (bicyclic) bond motifs is 2. The van der Waals surface area contributed by atoms with E-state index in [1.54, 1.807) is 22.9 Å². The van der Waals surface area contributed by atoms with Crippen LogP contribution in [0.5, 0.6) is 0 Å². The Bertz CT molecular complexity index is 1510. The van der Waals surface area contributed by atoms with Crippen LogP contribution in [0.3, 0.4) is 0 Å². The summed E-state index contributed by atoms with van der Waals surface area (Å²) in [5.41, 5.74) is 8.58. The van der Waals surface area contributed by atoms with E-state index < -0.39 is 11.7 Å². The number of hydrogen-bond acceptors (Lipinski definition) is 6. The van der Waals surface area contributed by atoms with E-state index in [1.165, 1.54) is 6.33 Å². The number of aromatic nitrogens is 4. The van der Waals surface area contributed by atoms with Crippen LogP contribution >= 0.6 is 11.6 Å². The van der Waals surface area contributed by atoms with Gasteiger partial charge in [-0.1, -0.05) is 41.9 Å². The van der Waals surface area contributed by atoms with Gasteiger partial charge in [0.1, 0.15) is 23.9 Å². The molecular formula is C23H18ClN5O2. The molecule has 0 amide bonds. The fourth-order valence-electron chi connectivity index (χ4n) is 3.99. The van der Waals surface area contributed by atoms with Crippen molar-refractivity contribution in [2.75, 3.05) is 5.73 Å². The minimum atomic E-state index is -0.447. The molecule has 5 aromatic rings. The Morgan fingerprint density at radius 1 is 1.10 bits per heavy atom. The molecule has 2 aromatic carbocycles. The summed E-state index contributed by atoms with van der Waals surface area (Å²) in [6, 6.07) is 14.5. The summed E-state index contributed by atoms with van der Waals surface area (Å²) in [6.07, 6.45) is 1.40. The van der Waals surface area contributed by atoms with Crippen molar-refractivity contribution >= 4 is 39.2 Å². The van der Waals surface area contributed by atoms with E-state index in [-0.39, 0.29) is 0 Å². The van der Waals surface area contributed by atoms with Gasteiger partial charge in [-0.15, -0.1) is 0 Å². The monoisotopic (exact) mass is 431 g/mol. The normalized spacial score (nSPS) is 12.5. The van der Waals surface area contributed by atoms with Crippen molar-refractivity contribution in [3.8, 4) is 11.1 Å². The summed E-state index contributed by atoms with van der Waals surface area (Å²) in [6.45, 7) is 3.75. The van der Waals surface area contributed by atoms with Gasteiger partial charge in [0, 0.05) is 16.0 Å². The van der Waals surface area contributed by atoms with E-state index in [2.05, 4.69) is 15.1 Å². The van der Waals surface area contributed by atoms with Crippen LogP contribution in [0.15, 0.2) is 64.1 Å². The average molecular weight is 432 g/mol. The van der Waals surface area contributed by atoms with Crippen LogP contribution in [-0.4, -0.2) is 19.7 Å². The number of nitrogen functional groups attached to an aromatic ring is 1. The molecule has 0 aliphatic rings. The molecular weight excluding hydrogens is 414 g/mol. The standard InChI is InChI=1S/C23H18ClN5O2/c1-12-18-21(25)26-11-27-22(18)29(28-12)13(2)20-19(14-6-4-3-5-7-14)17-10-15(24)8-9-16(17)23(30)31-20/h3-11,13H,1-2H3,(H2,25,26,27). The largest absolute Gasteiger partial charge is 0.424 e. The van der Waals surface area contributed by atoms with Gasteiger partial charge < -0.3 is 10.2 Å². The molecule has 0 saturated carbocycles. The number of halogens is 1. The molecule has 0 saturated heterocycles. The van der Waals surface area contributed by atoms with Crippen LogP contribution in [0.2, 0.25) is 5.02 Å². The molecule has 31 heavy (non-hydrogen) atoms. The first-order valence-corrected chi connectivity index (χ1v) is 10.1. The molecule has 154 valence electrons. The van der Waals surface area contributed by atoms with Gasteiger partial charge in [0.05, 0.1) is 16.5 Å². The molecule has 5 rings (SSSR count). The maximum Gasteiger partial charge on any atom is 0.343 e. The molecule has 0 aliphatic heterocycles. The molecule has 1 unspecified atom stereocenters. The van der Waals surface area contributed by atoms with Crippen LogP contribution < -0.4 is 11.4 Å². The number of aryl methyl sites for hydroxylation is 1. The highest BCUT2D eigenvalue weighted by Gasteiger charge is 2.25. The smallest absolute Gasteiger partial charge is 0.343 e. The zero-order chi connectivity index (χ0) is 21.7. The van der Waals surface area contributed by atoms with Crippen LogP contribution in [0.1, 0.15) is 24.4 Å². The second-order valence-electron chi connectivity index (χ2n) is 7.35. The number of hydrogen-bond donors (Lipinski definition) is 1. The number of rotatable bonds is 3. The van der Waals surface area contributed by atoms with Crippen LogP contribution in [0.4, 0.5) is 5.82 Å². The molecule has 3 aromatic heterocycles. The Morgan fingerprint density at radius 2 is 1.87 bits per heavy atom. The van der Waals surface area contributed by atoms with Gasteiger partial charge in [0.15, 0.2) is 5.65 Å². The van der Waals surface area contributed by atoms with E-state index >= 15 is 0 Å². The highest BCUT2D eigenvalue weighted by Crippen LogP contribution is 2.37. The molecule has 0 radical (unpaired) electrons. The van der Waals surface area contributed by atoms with Crippen LogP contribution in [0, 0.1) is 6.92 Å². The first-order chi connectivity index (χ1) is 15.0. The molecule has 0 spiro atoms. The van der Waals surface area contributed by atoms with E-state index in [0.717, 1.165) is 16.5 Å². The van der Waals surface area contributed by atoms with Gasteiger partial charge >= 0.3 is 5.63 Å². The fourth-order valence-corrected chi connectivity index (χ4v) is 4.16. The zero-order valence-electron chi connectivity index (χ0n) is 16.8. The van der Waals surface area contributed by atoms with E-state index in [0.29, 0.717) is 38.7 Å². The summed E-state index contributed by atoms with van der Waals surface area (Å²) in [5.74, 6) is 0.823. The molecule has 3 heterocycles. The van der Waals surface area contributed by atoms with Gasteiger partial charge in [0.25, 0.3) is 0 Å². The molecule has 7 nitrogen and oxygen atoms in total. The van der Waals surface area contributed by atoms with Crippen LogP contribution in [-0.2, 0) is 0 Å². The Kier molecular flexibility index (Phi) is 4.48. The third-order valence-electron chi connectivity index (χ3n) is 5.42. The Hall–Kier alpha value is -3.71. The predicted molar refractivity (Wildman–Crippen MR) is 121 cm³/mol. The summed E-state index contributed by atoms with van der Waals surface area (Å²) >= 11 is 6.30. The minimum Gasteiger partial charge on any atom is -0.424 e. The van der Waals surface area contributed by atoms with Gasteiger partial charge in [0.2, 0.25) is 0 Å². The number of nitrogens with zero attached hydrogens (tertiary/aromatic N) is 4. The third-order valence-corrected chi connectivity index (χ3v) is 5.66. The van der Waals surface area contributed by atoms with E-state index in [4.69, 9.17) is 21.8 Å². The highest BCUT2D eigenvalue weighted by molar-refractivity contribution is 6.31. The molecule has 0 bridgehead atoms. The average Bonchev–Trinajstić information content (AvgIpc) is 3.11. The Balaban J connectivity index is 1.85. The lowest BCUT2D eigenvalue weighted by atomic mass is 9.96. The fraction of sp³-hybridized carbons (Fsp3) is 0.130. The van der Waals surface area contributed by atoms with Crippen molar-refractivity contribution in [3.05, 3.63) is 81.8 Å². The predicted octanol–water partition coefficient (Wildman–Crippen LogP) is 4.75. The van der Waals surface area contributed by atoms with Crippen molar-refractivity contribution in [1.82, 2.24) is 19.7 Å². The summed E-state index contributed by atoms with van der Waals surface area (Å²) in [5, 5.41) is 7.04. The van der Waals surface area contributed by atoms with Crippen molar-refractivity contribution in [3.63, 3.8) is 0 Å². The summed E-state index contributed by atoms with van der Waals surface area (Å²) < 4.78 is 7.60. The summed E-state index contributed by atoms with van der Waals surface area (Å²) in [7, 11) is 0. The molecule has 2 N–H and O–H groups in total. The second kappa shape index (κ2) is 7.21. The van der Waals surface area contributed by atoms with Crippen molar-refractivity contribution in [1.29, 1.82) is 0 Å². The maximum atomic E-state index is 12.9. The third kappa shape index (κ3) is 3.05. The quantitative estimate of drug-likeness (QED) is 0.442. The number of anilines is 1. The van der Waals surface area contributed by atoms with E-state index in [1.807, 2.05) is 44.2 Å². The second-order valence-corrected chi connectivity index (χ2v) is 7.78. The zero-order valence-corrected chi connectivity index (χ0v) is 17.6. The minimum absolute atomic E-state index is 0.357. The first kappa shape index (κ1) is 19.3. The van der Waals surface area contributed by atoms with Gasteiger partial charge in [-0.25, -0.2) is 19.4 Å². The van der Waals surface area contributed by atoms with Crippen LogP contribution in [0.25, 0.3) is 32.9 Å². The van der Waals surface area contributed by atoms with Gasteiger partial charge in [-0.05, 0) is 37.6 Å².